The Labute approximate surface area is 107 Å². The fourth-order valence-electron chi connectivity index (χ4n) is 1.74. The zero-order valence-corrected chi connectivity index (χ0v) is 11.2. The summed E-state index contributed by atoms with van der Waals surface area (Å²) in [4.78, 5) is 3.90. The second-order valence-electron chi connectivity index (χ2n) is 4.18. The van der Waals surface area contributed by atoms with Gasteiger partial charge in [0.2, 0.25) is 0 Å². The van der Waals surface area contributed by atoms with Crippen LogP contribution in [0.5, 0.6) is 0 Å². The zero-order chi connectivity index (χ0) is 13.0. The summed E-state index contributed by atoms with van der Waals surface area (Å²) in [5, 5.41) is 3.27. The summed E-state index contributed by atoms with van der Waals surface area (Å²) >= 11 is 0. The van der Waals surface area contributed by atoms with Crippen LogP contribution in [0.2, 0.25) is 0 Å². The number of nitrogens with one attached hydrogen (secondary N) is 2. The number of aryl methyl sites for hydroxylation is 1. The normalized spacial score (nSPS) is 16.6. The summed E-state index contributed by atoms with van der Waals surface area (Å²) in [6.07, 6.45) is 5.97. The van der Waals surface area contributed by atoms with E-state index in [1.165, 1.54) is 6.33 Å². The van der Waals surface area contributed by atoms with Gasteiger partial charge in [0, 0.05) is 25.8 Å². The zero-order valence-electron chi connectivity index (χ0n) is 10.4. The summed E-state index contributed by atoms with van der Waals surface area (Å²) < 4.78 is 28.3. The first-order valence-corrected chi connectivity index (χ1v) is 7.50. The van der Waals surface area contributed by atoms with Crippen LogP contribution in [0.25, 0.3) is 0 Å². The van der Waals surface area contributed by atoms with E-state index >= 15 is 0 Å². The van der Waals surface area contributed by atoms with Crippen molar-refractivity contribution in [2.75, 3.05) is 19.6 Å². The molecule has 1 aromatic heterocycles. The highest BCUT2D eigenvalue weighted by atomic mass is 32.2. The Morgan fingerprint density at radius 1 is 1.56 bits per heavy atom. The maximum absolute atomic E-state index is 12.0. The van der Waals surface area contributed by atoms with Gasteiger partial charge < -0.3 is 9.88 Å². The molecule has 1 aliphatic heterocycles. The molecule has 7 heteroatoms. The van der Waals surface area contributed by atoms with Crippen molar-refractivity contribution in [3.63, 3.8) is 0 Å². The fraction of sp³-hybridized carbons (Fsp3) is 0.545. The van der Waals surface area contributed by atoms with E-state index in [1.54, 1.807) is 10.8 Å². The minimum absolute atomic E-state index is 0.0823. The summed E-state index contributed by atoms with van der Waals surface area (Å²) in [5.74, 6) is 0. The van der Waals surface area contributed by atoms with Crippen LogP contribution in [-0.2, 0) is 16.6 Å². The Morgan fingerprint density at radius 3 is 3.00 bits per heavy atom. The number of sulfonamides is 1. The Hall–Kier alpha value is -1.18. The Balaban J connectivity index is 2.00. The molecule has 1 aromatic rings. The smallest absolute Gasteiger partial charge is 0.259 e. The van der Waals surface area contributed by atoms with E-state index in [0.717, 1.165) is 25.1 Å². The van der Waals surface area contributed by atoms with Crippen LogP contribution in [0, 0.1) is 0 Å². The predicted molar refractivity (Wildman–Crippen MR) is 68.7 cm³/mol. The Bertz CT molecular complexity index is 533. The molecule has 0 saturated carbocycles. The van der Waals surface area contributed by atoms with Crippen molar-refractivity contribution in [1.29, 1.82) is 0 Å². The molecule has 2 rings (SSSR count). The maximum atomic E-state index is 12.0. The molecular formula is C11H18N4O2S. The third-order valence-electron chi connectivity index (χ3n) is 2.90. The van der Waals surface area contributed by atoms with Crippen LogP contribution in [0.1, 0.15) is 13.3 Å². The molecule has 1 aliphatic rings. The lowest BCUT2D eigenvalue weighted by Gasteiger charge is -2.14. The highest BCUT2D eigenvalue weighted by molar-refractivity contribution is 7.89. The van der Waals surface area contributed by atoms with Crippen molar-refractivity contribution >= 4 is 10.0 Å². The third kappa shape index (κ3) is 3.18. The summed E-state index contributed by atoms with van der Waals surface area (Å²) in [6, 6.07) is 0. The number of nitrogens with zero attached hydrogens (tertiary/aromatic N) is 2. The molecule has 0 fully saturated rings. The molecule has 2 heterocycles. The van der Waals surface area contributed by atoms with Crippen LogP contribution < -0.4 is 10.0 Å². The van der Waals surface area contributed by atoms with Gasteiger partial charge in [0.15, 0.2) is 5.03 Å². The van der Waals surface area contributed by atoms with E-state index in [0.29, 0.717) is 13.1 Å². The third-order valence-corrected chi connectivity index (χ3v) is 4.18. The van der Waals surface area contributed by atoms with Gasteiger partial charge in [-0.2, -0.15) is 0 Å². The highest BCUT2D eigenvalue weighted by Crippen LogP contribution is 2.07. The average Bonchev–Trinajstić information content (AvgIpc) is 2.87. The minimum Gasteiger partial charge on any atom is -0.336 e. The quantitative estimate of drug-likeness (QED) is 0.744. The van der Waals surface area contributed by atoms with Crippen molar-refractivity contribution < 1.29 is 8.42 Å². The van der Waals surface area contributed by atoms with Crippen molar-refractivity contribution in [2.45, 2.75) is 24.9 Å². The molecule has 2 N–H and O–H groups in total. The molecule has 0 aromatic carbocycles. The van der Waals surface area contributed by atoms with Gasteiger partial charge in [-0.25, -0.2) is 18.1 Å². The molecule has 0 aliphatic carbocycles. The van der Waals surface area contributed by atoms with E-state index in [4.69, 9.17) is 0 Å². The SMILES string of the molecule is CCn1cnc(S(=O)(=O)NCC2=CCNCC2)c1. The standard InChI is InChI=1S/C11H18N4O2S/c1-2-15-8-11(13-9-15)18(16,17)14-7-10-3-5-12-6-4-10/h3,8-9,12,14H,2,4-7H2,1H3. The van der Waals surface area contributed by atoms with Crippen LogP contribution in [0.15, 0.2) is 29.2 Å². The van der Waals surface area contributed by atoms with E-state index in [1.807, 2.05) is 13.0 Å². The molecule has 6 nitrogen and oxygen atoms in total. The number of rotatable bonds is 5. The molecule has 0 radical (unpaired) electrons. The first kappa shape index (κ1) is 13.3. The van der Waals surface area contributed by atoms with Gasteiger partial charge in [-0.3, -0.25) is 0 Å². The highest BCUT2D eigenvalue weighted by Gasteiger charge is 2.17. The average molecular weight is 270 g/mol. The minimum atomic E-state index is -3.49. The van der Waals surface area contributed by atoms with E-state index < -0.39 is 10.0 Å². The molecule has 0 unspecified atom stereocenters. The van der Waals surface area contributed by atoms with Gasteiger partial charge in [-0.05, 0) is 19.9 Å². The number of aromatic nitrogens is 2. The van der Waals surface area contributed by atoms with E-state index in [-0.39, 0.29) is 5.03 Å². The molecule has 0 atom stereocenters. The van der Waals surface area contributed by atoms with Crippen molar-refractivity contribution in [1.82, 2.24) is 19.6 Å². The molecule has 0 saturated heterocycles. The summed E-state index contributed by atoms with van der Waals surface area (Å²) in [7, 11) is -3.49. The molecule has 18 heavy (non-hydrogen) atoms. The second-order valence-corrected chi connectivity index (χ2v) is 5.90. The van der Waals surface area contributed by atoms with Gasteiger partial charge in [0.25, 0.3) is 10.0 Å². The van der Waals surface area contributed by atoms with Crippen LogP contribution in [0.4, 0.5) is 0 Å². The lowest BCUT2D eigenvalue weighted by atomic mass is 10.1. The molecule has 0 bridgehead atoms. The lowest BCUT2D eigenvalue weighted by Crippen LogP contribution is -2.29. The number of hydrogen-bond donors (Lipinski definition) is 2. The predicted octanol–water partition coefficient (Wildman–Crippen LogP) is 0.101. The van der Waals surface area contributed by atoms with E-state index in [2.05, 4.69) is 15.0 Å². The first-order valence-electron chi connectivity index (χ1n) is 6.02. The van der Waals surface area contributed by atoms with Crippen molar-refractivity contribution in [3.05, 3.63) is 24.2 Å². The molecule has 100 valence electrons. The summed E-state index contributed by atoms with van der Waals surface area (Å²) in [6.45, 7) is 4.72. The van der Waals surface area contributed by atoms with Gasteiger partial charge in [-0.1, -0.05) is 11.6 Å². The van der Waals surface area contributed by atoms with Crippen molar-refractivity contribution in [3.8, 4) is 0 Å². The molecule has 0 spiro atoms. The maximum Gasteiger partial charge on any atom is 0.259 e. The topological polar surface area (TPSA) is 76.0 Å². The lowest BCUT2D eigenvalue weighted by molar-refractivity contribution is 0.579. The van der Waals surface area contributed by atoms with Crippen molar-refractivity contribution in [2.24, 2.45) is 0 Å². The van der Waals surface area contributed by atoms with Gasteiger partial charge >= 0.3 is 0 Å². The fourth-order valence-corrected chi connectivity index (χ4v) is 2.73. The van der Waals surface area contributed by atoms with E-state index in [9.17, 15) is 8.42 Å². The Kier molecular flexibility index (Phi) is 4.15. The Morgan fingerprint density at radius 2 is 2.39 bits per heavy atom. The molecular weight excluding hydrogens is 252 g/mol. The number of hydrogen-bond acceptors (Lipinski definition) is 4. The monoisotopic (exact) mass is 270 g/mol. The van der Waals surface area contributed by atoms with Gasteiger partial charge in [-0.15, -0.1) is 0 Å². The summed E-state index contributed by atoms with van der Waals surface area (Å²) in [5.41, 5.74) is 1.12. The number of imidazole rings is 1. The second kappa shape index (κ2) is 5.64. The van der Waals surface area contributed by atoms with Gasteiger partial charge in [0.05, 0.1) is 6.33 Å². The first-order chi connectivity index (χ1) is 8.62. The van der Waals surface area contributed by atoms with Crippen LogP contribution in [-0.4, -0.2) is 37.6 Å². The van der Waals surface area contributed by atoms with Crippen LogP contribution in [0.3, 0.4) is 0 Å². The van der Waals surface area contributed by atoms with Crippen LogP contribution >= 0.6 is 0 Å². The molecule has 0 amide bonds. The van der Waals surface area contributed by atoms with Gasteiger partial charge in [0.1, 0.15) is 0 Å². The largest absolute Gasteiger partial charge is 0.336 e.